The second-order valence-electron chi connectivity index (χ2n) is 8.36. The molecular formula is C22H24BrNO9. The molecule has 0 spiro atoms. The van der Waals surface area contributed by atoms with Gasteiger partial charge in [-0.05, 0) is 19.9 Å². The zero-order valence-corrected chi connectivity index (χ0v) is 19.8. The summed E-state index contributed by atoms with van der Waals surface area (Å²) in [5, 5.41) is 0. The number of terminal acetylenes is 1. The molecule has 0 aliphatic carbocycles. The number of ether oxygens (including phenoxy) is 4. The van der Waals surface area contributed by atoms with Gasteiger partial charge in [-0.25, -0.2) is 0 Å². The smallest absolute Gasteiger partial charge is 0.322 e. The number of likely N-dealkylation sites (tertiary alicyclic amines) is 1. The lowest BCUT2D eigenvalue weighted by molar-refractivity contribution is -0.158. The average Bonchev–Trinajstić information content (AvgIpc) is 3.40. The Labute approximate surface area is 199 Å². The Hall–Kier alpha value is -2.71. The summed E-state index contributed by atoms with van der Waals surface area (Å²) in [6.45, 7) is 2.57. The summed E-state index contributed by atoms with van der Waals surface area (Å²) in [5.74, 6) is -2.14. The third kappa shape index (κ3) is 5.12. The summed E-state index contributed by atoms with van der Waals surface area (Å²) in [4.78, 5) is 62.4. The van der Waals surface area contributed by atoms with Gasteiger partial charge < -0.3 is 18.9 Å². The van der Waals surface area contributed by atoms with E-state index in [1.165, 1.54) is 0 Å². The minimum Gasteiger partial charge on any atom is -0.463 e. The molecule has 0 aromatic rings. The molecule has 2 fully saturated rings. The zero-order chi connectivity index (χ0) is 24.4. The van der Waals surface area contributed by atoms with Crippen molar-refractivity contribution in [3.8, 4) is 12.3 Å². The van der Waals surface area contributed by atoms with E-state index in [9.17, 15) is 24.0 Å². The number of rotatable bonds is 10. The molecule has 4 unspecified atom stereocenters. The predicted octanol–water partition coefficient (Wildman–Crippen LogP) is 0.511. The normalized spacial score (nSPS) is 27.3. The van der Waals surface area contributed by atoms with Gasteiger partial charge in [0.1, 0.15) is 23.1 Å². The third-order valence-corrected chi connectivity index (χ3v) is 5.91. The number of hydrogen-bond donors (Lipinski definition) is 0. The number of imide groups is 1. The molecule has 3 aliphatic heterocycles. The first-order valence-electron chi connectivity index (χ1n) is 10.3. The van der Waals surface area contributed by atoms with Crippen LogP contribution in [0.25, 0.3) is 0 Å². The first-order valence-corrected chi connectivity index (χ1v) is 11.1. The van der Waals surface area contributed by atoms with Crippen molar-refractivity contribution in [3.05, 3.63) is 12.2 Å². The van der Waals surface area contributed by atoms with Crippen molar-refractivity contribution in [1.82, 2.24) is 4.90 Å². The molecule has 3 heterocycles. The highest BCUT2D eigenvalue weighted by Gasteiger charge is 2.68. The van der Waals surface area contributed by atoms with Crippen molar-refractivity contribution in [2.45, 2.75) is 42.7 Å². The van der Waals surface area contributed by atoms with Gasteiger partial charge >= 0.3 is 17.9 Å². The Morgan fingerprint density at radius 1 is 1.18 bits per heavy atom. The number of nitrogens with zero attached hydrogens (tertiary/aromatic N) is 1. The topological polar surface area (TPSA) is 126 Å². The van der Waals surface area contributed by atoms with Crippen LogP contribution in [0.3, 0.4) is 0 Å². The molecule has 33 heavy (non-hydrogen) atoms. The molecule has 2 amide bonds. The maximum atomic E-state index is 13.0. The lowest BCUT2D eigenvalue weighted by atomic mass is 9.77. The van der Waals surface area contributed by atoms with Crippen LogP contribution in [0.1, 0.15) is 26.7 Å². The van der Waals surface area contributed by atoms with Gasteiger partial charge in [0.15, 0.2) is 6.61 Å². The fraction of sp³-hybridized carbons (Fsp3) is 0.591. The van der Waals surface area contributed by atoms with E-state index in [-0.39, 0.29) is 39.2 Å². The zero-order valence-electron chi connectivity index (χ0n) is 18.2. The highest BCUT2D eigenvalue weighted by molar-refractivity contribution is 9.10. The lowest BCUT2D eigenvalue weighted by Gasteiger charge is -2.28. The summed E-state index contributed by atoms with van der Waals surface area (Å²) >= 11 is 3.19. The van der Waals surface area contributed by atoms with Gasteiger partial charge in [-0.15, -0.1) is 6.42 Å². The number of esters is 3. The van der Waals surface area contributed by atoms with Gasteiger partial charge in [-0.3, -0.25) is 28.9 Å². The molecule has 10 nitrogen and oxygen atoms in total. The maximum Gasteiger partial charge on any atom is 0.322 e. The van der Waals surface area contributed by atoms with Crippen LogP contribution in [0.5, 0.6) is 0 Å². The standard InChI is InChI=1S/C22H24BrNO9/c1-4-10-30-14(25)5-6-15(26)32-12-22-8-7-13(33-22)16-17(22)19(28)24(18(16)27)9-11-31-20(29)21(2,3)23/h1,7-8,13,16-17H,5-6,9-12H2,2-3H3. The molecule has 2 saturated heterocycles. The molecule has 0 aromatic carbocycles. The number of amides is 2. The second-order valence-corrected chi connectivity index (χ2v) is 10.3. The Kier molecular flexibility index (Phi) is 7.29. The number of hydrogen-bond acceptors (Lipinski definition) is 9. The number of fused-ring (bicyclic) bond motifs is 5. The summed E-state index contributed by atoms with van der Waals surface area (Å²) in [6.07, 6.45) is 7.27. The van der Waals surface area contributed by atoms with E-state index >= 15 is 0 Å². The van der Waals surface area contributed by atoms with E-state index < -0.39 is 57.6 Å². The van der Waals surface area contributed by atoms with Crippen LogP contribution in [-0.2, 0) is 42.9 Å². The number of halogens is 1. The molecule has 178 valence electrons. The van der Waals surface area contributed by atoms with E-state index in [4.69, 9.17) is 20.6 Å². The lowest BCUT2D eigenvalue weighted by Crippen LogP contribution is -2.45. The average molecular weight is 526 g/mol. The number of carbonyl (C=O) groups excluding carboxylic acids is 5. The van der Waals surface area contributed by atoms with Crippen molar-refractivity contribution in [2.75, 3.05) is 26.4 Å². The van der Waals surface area contributed by atoms with Crippen LogP contribution in [-0.4, -0.2) is 77.0 Å². The van der Waals surface area contributed by atoms with Crippen molar-refractivity contribution in [2.24, 2.45) is 11.8 Å². The third-order valence-electron chi connectivity index (χ3n) is 5.59. The summed E-state index contributed by atoms with van der Waals surface area (Å²) in [7, 11) is 0. The van der Waals surface area contributed by atoms with Crippen LogP contribution < -0.4 is 0 Å². The molecular weight excluding hydrogens is 502 g/mol. The molecule has 4 atom stereocenters. The second kappa shape index (κ2) is 9.65. The van der Waals surface area contributed by atoms with Crippen LogP contribution in [0, 0.1) is 24.2 Å². The van der Waals surface area contributed by atoms with Crippen molar-refractivity contribution >= 4 is 45.7 Å². The highest BCUT2D eigenvalue weighted by Crippen LogP contribution is 2.51. The van der Waals surface area contributed by atoms with Crippen LogP contribution in [0.15, 0.2) is 12.2 Å². The first kappa shape index (κ1) is 24.9. The quantitative estimate of drug-likeness (QED) is 0.100. The molecule has 2 bridgehead atoms. The fourth-order valence-electron chi connectivity index (χ4n) is 4.01. The van der Waals surface area contributed by atoms with Crippen LogP contribution in [0.2, 0.25) is 0 Å². The Bertz CT molecular complexity index is 931. The SMILES string of the molecule is C#CCOC(=O)CCC(=O)OCC12C=CC(O1)C1C(=O)N(CCOC(=O)C(C)(C)Br)C(=O)C12. The van der Waals surface area contributed by atoms with Crippen LogP contribution in [0.4, 0.5) is 0 Å². The van der Waals surface area contributed by atoms with Crippen molar-refractivity contribution in [3.63, 3.8) is 0 Å². The Morgan fingerprint density at radius 2 is 1.85 bits per heavy atom. The minimum atomic E-state index is -1.26. The molecule has 0 aromatic heterocycles. The van der Waals surface area contributed by atoms with Crippen LogP contribution >= 0.6 is 15.9 Å². The Balaban J connectivity index is 1.57. The monoisotopic (exact) mass is 525 g/mol. The molecule has 3 aliphatic rings. The van der Waals surface area contributed by atoms with Gasteiger partial charge in [0.2, 0.25) is 11.8 Å². The number of carbonyl (C=O) groups is 5. The summed E-state index contributed by atoms with van der Waals surface area (Å²) in [6, 6.07) is 0. The molecule has 0 saturated carbocycles. The summed E-state index contributed by atoms with van der Waals surface area (Å²) in [5.41, 5.74) is -1.26. The van der Waals surface area contributed by atoms with E-state index in [0.717, 1.165) is 4.90 Å². The van der Waals surface area contributed by atoms with E-state index in [1.807, 2.05) is 0 Å². The van der Waals surface area contributed by atoms with E-state index in [0.29, 0.717) is 0 Å². The Morgan fingerprint density at radius 3 is 2.48 bits per heavy atom. The largest absolute Gasteiger partial charge is 0.463 e. The summed E-state index contributed by atoms with van der Waals surface area (Å²) < 4.78 is 20.1. The van der Waals surface area contributed by atoms with Gasteiger partial charge in [-0.1, -0.05) is 27.9 Å². The molecule has 0 N–H and O–H groups in total. The van der Waals surface area contributed by atoms with Gasteiger partial charge in [0.25, 0.3) is 0 Å². The number of alkyl halides is 1. The van der Waals surface area contributed by atoms with Crippen molar-refractivity contribution in [1.29, 1.82) is 0 Å². The maximum absolute atomic E-state index is 13.0. The van der Waals surface area contributed by atoms with Crippen molar-refractivity contribution < 1.29 is 42.9 Å². The minimum absolute atomic E-state index is 0.0815. The highest BCUT2D eigenvalue weighted by atomic mass is 79.9. The van der Waals surface area contributed by atoms with Gasteiger partial charge in [0.05, 0.1) is 37.3 Å². The van der Waals surface area contributed by atoms with E-state index in [2.05, 4.69) is 26.6 Å². The molecule has 11 heteroatoms. The van der Waals surface area contributed by atoms with E-state index in [1.54, 1.807) is 26.0 Å². The van der Waals surface area contributed by atoms with Gasteiger partial charge in [-0.2, -0.15) is 0 Å². The fourth-order valence-corrected chi connectivity index (χ4v) is 4.13. The first-order chi connectivity index (χ1) is 15.5. The molecule has 3 rings (SSSR count). The predicted molar refractivity (Wildman–Crippen MR) is 114 cm³/mol. The molecule has 0 radical (unpaired) electrons. The van der Waals surface area contributed by atoms with Gasteiger partial charge in [0, 0.05) is 0 Å².